The first kappa shape index (κ1) is 31.8. The smallest absolute Gasteiger partial charge is 0.188 e. The van der Waals surface area contributed by atoms with E-state index in [1.165, 1.54) is 46.8 Å². The predicted octanol–water partition coefficient (Wildman–Crippen LogP) is 8.82. The van der Waals surface area contributed by atoms with E-state index < -0.39 is 6.10 Å². The molecule has 0 aliphatic rings. The predicted molar refractivity (Wildman–Crippen MR) is 162 cm³/mol. The first-order chi connectivity index (χ1) is 17.2. The quantitative estimate of drug-likeness (QED) is 0.170. The zero-order valence-electron chi connectivity index (χ0n) is 25.5. The van der Waals surface area contributed by atoms with Crippen LogP contribution in [0.25, 0.3) is 0 Å². The molecule has 4 heteroatoms. The summed E-state index contributed by atoms with van der Waals surface area (Å²) >= 11 is 0. The Kier molecular flexibility index (Phi) is 11.3. The maximum Gasteiger partial charge on any atom is 0.188 e. The lowest BCUT2D eigenvalue weighted by atomic mass is 9.76. The lowest BCUT2D eigenvalue weighted by Gasteiger charge is -2.39. The van der Waals surface area contributed by atoms with Crippen LogP contribution < -0.4 is 10.0 Å². The van der Waals surface area contributed by atoms with Crippen LogP contribution in [0.15, 0.2) is 30.3 Å². The standard InChI is InChI=1S/C33H53O3P/c1-12-14-15-18-33(13-2,37-29-17-16-23(3)19-26(29)24(4)34)28-21-25(31(5,6)7)20-27(32(8,9)10)30(28)36-22-35-11/h16-17,19-21,24,34,37H,12-15,18,22H2,1-11H3. The summed E-state index contributed by atoms with van der Waals surface area (Å²) in [5.74, 6) is 0.985. The second-order valence-corrected chi connectivity index (χ2v) is 14.5. The van der Waals surface area contributed by atoms with E-state index in [4.69, 9.17) is 9.47 Å². The molecular formula is C33H53O3P. The Morgan fingerprint density at radius 1 is 0.919 bits per heavy atom. The average Bonchev–Trinajstić information content (AvgIpc) is 2.81. The van der Waals surface area contributed by atoms with Gasteiger partial charge in [0.15, 0.2) is 6.79 Å². The first-order valence-corrected chi connectivity index (χ1v) is 15.1. The lowest BCUT2D eigenvalue weighted by Crippen LogP contribution is -2.28. The fraction of sp³-hybridized carbons (Fsp3) is 0.636. The summed E-state index contributed by atoms with van der Waals surface area (Å²) in [5, 5.41) is 11.9. The van der Waals surface area contributed by atoms with Crippen LogP contribution >= 0.6 is 8.58 Å². The molecule has 0 aliphatic carbocycles. The molecule has 1 N–H and O–H groups in total. The summed E-state index contributed by atoms with van der Waals surface area (Å²) in [6.07, 6.45) is 5.16. The van der Waals surface area contributed by atoms with Gasteiger partial charge in [-0.3, -0.25) is 0 Å². The summed E-state index contributed by atoms with van der Waals surface area (Å²) in [4.78, 5) is 0. The summed E-state index contributed by atoms with van der Waals surface area (Å²) in [6, 6.07) is 11.4. The molecule has 0 radical (unpaired) electrons. The molecule has 0 amide bonds. The molecule has 0 saturated heterocycles. The molecule has 0 saturated carbocycles. The van der Waals surface area contributed by atoms with Crippen LogP contribution in [0.5, 0.6) is 5.75 Å². The second kappa shape index (κ2) is 13.1. The fourth-order valence-corrected chi connectivity index (χ4v) is 6.95. The van der Waals surface area contributed by atoms with E-state index in [1.807, 2.05) is 6.92 Å². The van der Waals surface area contributed by atoms with E-state index in [0.717, 1.165) is 24.2 Å². The van der Waals surface area contributed by atoms with Crippen molar-refractivity contribution in [2.75, 3.05) is 13.9 Å². The normalized spacial score (nSPS) is 15.2. The van der Waals surface area contributed by atoms with Crippen LogP contribution in [0.3, 0.4) is 0 Å². The molecular weight excluding hydrogens is 475 g/mol. The minimum atomic E-state index is -0.497. The highest BCUT2D eigenvalue weighted by Gasteiger charge is 2.38. The monoisotopic (exact) mass is 528 g/mol. The third-order valence-corrected chi connectivity index (χ3v) is 9.52. The molecule has 2 aromatic carbocycles. The van der Waals surface area contributed by atoms with Gasteiger partial charge in [0.25, 0.3) is 0 Å². The van der Waals surface area contributed by atoms with Crippen molar-refractivity contribution in [3.05, 3.63) is 58.1 Å². The van der Waals surface area contributed by atoms with Gasteiger partial charge in [0.05, 0.1) is 6.10 Å². The molecule has 0 heterocycles. The third kappa shape index (κ3) is 8.04. The Morgan fingerprint density at radius 3 is 2.08 bits per heavy atom. The molecule has 3 unspecified atom stereocenters. The fourth-order valence-electron chi connectivity index (χ4n) is 5.04. The van der Waals surface area contributed by atoms with Gasteiger partial charge >= 0.3 is 0 Å². The van der Waals surface area contributed by atoms with Crippen molar-refractivity contribution in [2.45, 2.75) is 123 Å². The number of hydrogen-bond donors (Lipinski definition) is 1. The Hall–Kier alpha value is -1.41. The van der Waals surface area contributed by atoms with Gasteiger partial charge in [0.2, 0.25) is 0 Å². The van der Waals surface area contributed by atoms with Crippen molar-refractivity contribution >= 4 is 13.9 Å². The molecule has 208 valence electrons. The largest absolute Gasteiger partial charge is 0.467 e. The van der Waals surface area contributed by atoms with E-state index in [0.29, 0.717) is 8.58 Å². The minimum Gasteiger partial charge on any atom is -0.467 e. The van der Waals surface area contributed by atoms with Crippen LogP contribution in [-0.2, 0) is 20.7 Å². The lowest BCUT2D eigenvalue weighted by molar-refractivity contribution is 0.0485. The number of aryl methyl sites for hydroxylation is 1. The molecule has 37 heavy (non-hydrogen) atoms. The number of unbranched alkanes of at least 4 members (excludes halogenated alkanes) is 2. The first-order valence-electron chi connectivity index (χ1n) is 14.1. The number of rotatable bonds is 12. The molecule has 2 aromatic rings. The van der Waals surface area contributed by atoms with E-state index in [9.17, 15) is 5.11 Å². The number of benzene rings is 2. The van der Waals surface area contributed by atoms with Gasteiger partial charge < -0.3 is 14.6 Å². The Morgan fingerprint density at radius 2 is 1.57 bits per heavy atom. The van der Waals surface area contributed by atoms with Crippen molar-refractivity contribution in [1.82, 2.24) is 0 Å². The second-order valence-electron chi connectivity index (χ2n) is 12.7. The molecule has 3 atom stereocenters. The van der Waals surface area contributed by atoms with Gasteiger partial charge in [-0.15, -0.1) is 0 Å². The van der Waals surface area contributed by atoms with Crippen LogP contribution in [0.4, 0.5) is 0 Å². The Bertz CT molecular complexity index is 1010. The van der Waals surface area contributed by atoms with Gasteiger partial charge in [-0.05, 0) is 54.0 Å². The zero-order chi connectivity index (χ0) is 28.0. The van der Waals surface area contributed by atoms with Crippen molar-refractivity contribution in [3.8, 4) is 5.75 Å². The molecule has 0 aliphatic heterocycles. The van der Waals surface area contributed by atoms with Gasteiger partial charge in [-0.1, -0.05) is 119 Å². The summed E-state index contributed by atoms with van der Waals surface area (Å²) in [7, 11) is 2.21. The number of methoxy groups -OCH3 is 1. The molecule has 0 spiro atoms. The number of ether oxygens (including phenoxy) is 2. The highest BCUT2D eigenvalue weighted by Crippen LogP contribution is 2.54. The van der Waals surface area contributed by atoms with E-state index in [-0.39, 0.29) is 22.8 Å². The maximum atomic E-state index is 10.7. The molecule has 0 aromatic heterocycles. The van der Waals surface area contributed by atoms with Gasteiger partial charge in [-0.25, -0.2) is 0 Å². The van der Waals surface area contributed by atoms with E-state index in [2.05, 4.69) is 92.6 Å². The van der Waals surface area contributed by atoms with E-state index >= 15 is 0 Å². The van der Waals surface area contributed by atoms with Crippen molar-refractivity contribution in [3.63, 3.8) is 0 Å². The SMILES string of the molecule is CCCCCC(CC)(Pc1ccc(C)cc1C(C)O)c1cc(C(C)(C)C)cc(C(C)(C)C)c1OCOC. The van der Waals surface area contributed by atoms with Crippen molar-refractivity contribution < 1.29 is 14.6 Å². The Labute approximate surface area is 229 Å². The number of aliphatic hydroxyl groups is 1. The average molecular weight is 529 g/mol. The van der Waals surface area contributed by atoms with Gasteiger partial charge in [0.1, 0.15) is 5.75 Å². The van der Waals surface area contributed by atoms with Crippen LogP contribution in [0, 0.1) is 6.92 Å². The maximum absolute atomic E-state index is 10.7. The highest BCUT2D eigenvalue weighted by molar-refractivity contribution is 7.48. The van der Waals surface area contributed by atoms with Crippen molar-refractivity contribution in [1.29, 1.82) is 0 Å². The Balaban J connectivity index is 2.93. The van der Waals surface area contributed by atoms with Crippen LogP contribution in [0.1, 0.15) is 128 Å². The van der Waals surface area contributed by atoms with Gasteiger partial charge in [0, 0.05) is 23.4 Å². The minimum absolute atomic E-state index is 0.00911. The molecule has 0 fully saturated rings. The van der Waals surface area contributed by atoms with Crippen LogP contribution in [-0.4, -0.2) is 19.0 Å². The molecule has 0 bridgehead atoms. The van der Waals surface area contributed by atoms with Crippen molar-refractivity contribution in [2.24, 2.45) is 0 Å². The van der Waals surface area contributed by atoms with Crippen LogP contribution in [0.2, 0.25) is 0 Å². The third-order valence-electron chi connectivity index (χ3n) is 7.44. The summed E-state index contributed by atoms with van der Waals surface area (Å²) < 4.78 is 11.9. The highest BCUT2D eigenvalue weighted by atomic mass is 31.1. The van der Waals surface area contributed by atoms with Gasteiger partial charge in [-0.2, -0.15) is 0 Å². The zero-order valence-corrected chi connectivity index (χ0v) is 26.5. The molecule has 3 nitrogen and oxygen atoms in total. The number of aliphatic hydroxyl groups excluding tert-OH is 1. The molecule has 2 rings (SSSR count). The topological polar surface area (TPSA) is 38.7 Å². The summed E-state index contributed by atoms with van der Waals surface area (Å²) in [5.41, 5.74) is 6.05. The number of hydrogen-bond acceptors (Lipinski definition) is 3. The summed E-state index contributed by atoms with van der Waals surface area (Å²) in [6.45, 7) is 22.5. The van der Waals surface area contributed by atoms with E-state index in [1.54, 1.807) is 7.11 Å².